The molecule has 0 bridgehead atoms. The Hall–Kier alpha value is -9.38. The average molecular weight is 1940 g/mol. The van der Waals surface area contributed by atoms with Gasteiger partial charge in [-0.3, -0.25) is 4.90 Å². The molecule has 1 aliphatic carbocycles. The molecule has 14 rings (SSSR count). The van der Waals surface area contributed by atoms with E-state index in [4.69, 9.17) is 5.73 Å². The van der Waals surface area contributed by atoms with E-state index in [0.29, 0.717) is 99.6 Å². The van der Waals surface area contributed by atoms with Crippen LogP contribution in [0.4, 0.5) is 136 Å². The Bertz CT molecular complexity index is 4990. The molecule has 8 aromatic carbocycles. The number of aryl methyl sites for hydroxylation is 7. The van der Waals surface area contributed by atoms with Crippen LogP contribution < -0.4 is 40.0 Å². The van der Waals surface area contributed by atoms with Gasteiger partial charge in [-0.15, -0.1) is 0 Å². The highest BCUT2D eigenvalue weighted by Crippen LogP contribution is 2.43. The van der Waals surface area contributed by atoms with Crippen LogP contribution in [0.3, 0.4) is 0 Å². The number of rotatable bonds is 17. The Labute approximate surface area is 787 Å². The Balaban J connectivity index is 0.000000195. The first-order chi connectivity index (χ1) is 63.4. The van der Waals surface area contributed by atoms with Crippen molar-refractivity contribution in [1.82, 2.24) is 19.6 Å². The van der Waals surface area contributed by atoms with Crippen molar-refractivity contribution >= 4 is 39.8 Å². The Morgan fingerprint density at radius 2 is 0.706 bits per heavy atom. The zero-order chi connectivity index (χ0) is 101. The van der Waals surface area contributed by atoms with Gasteiger partial charge in [0.05, 0.1) is 44.6 Å². The number of anilines is 7. The van der Waals surface area contributed by atoms with Crippen LogP contribution >= 0.6 is 0 Å². The summed E-state index contributed by atoms with van der Waals surface area (Å²) < 4.78 is 283. The van der Waals surface area contributed by atoms with Gasteiger partial charge in [0.15, 0.2) is 5.82 Å². The number of likely N-dealkylation sites (tertiary alicyclic amines) is 2. The van der Waals surface area contributed by atoms with Gasteiger partial charge in [-0.1, -0.05) is 50.1 Å². The maximum atomic E-state index is 14.1. The molecule has 12 nitrogen and oxygen atoms in total. The van der Waals surface area contributed by atoms with Gasteiger partial charge >= 0.3 is 43.2 Å². The highest BCUT2D eigenvalue weighted by atomic mass is 19.4. The molecule has 1 saturated carbocycles. The third kappa shape index (κ3) is 35.2. The summed E-state index contributed by atoms with van der Waals surface area (Å²) in [7, 11) is 9.58. The second-order valence-corrected chi connectivity index (χ2v) is 36.6. The SMILES string of the molecule is CCCCN(C)c1cc(C)cc(C(F)(F)F)c1.CCCN1CCN(c2cc(C)cc(C(F)(F)F)c2)CC1.Cc1cc(C2CCC(N)C2)cc(C(F)(F)F)c1.Cc1cc(N(C)C2CCN(C)CC2)cc(C(F)(F)F)c1.Cc1cc(N(C)CCN2CCCC2)cc(C(F)(F)F)c1.Cc1cc(N2CCN(C)CC2)c(F)c(C(F)(F)F)c1.Cc1cc(N2CCN(c3ccccc3)CC2)cc(C(F)(F)F)c1. The number of nitrogens with two attached hydrogens (primary N) is 1. The maximum absolute atomic E-state index is 14.1. The zero-order valence-corrected chi connectivity index (χ0v) is 80.2. The molecule has 136 heavy (non-hydrogen) atoms. The van der Waals surface area contributed by atoms with Crippen LogP contribution in [0.25, 0.3) is 0 Å². The van der Waals surface area contributed by atoms with E-state index >= 15 is 0 Å². The van der Waals surface area contributed by atoms with E-state index in [2.05, 4.69) is 62.4 Å². The van der Waals surface area contributed by atoms with Crippen LogP contribution in [-0.4, -0.2) is 198 Å². The predicted octanol–water partition coefficient (Wildman–Crippen LogP) is 25.7. The van der Waals surface area contributed by atoms with Gasteiger partial charge in [0, 0.05) is 166 Å². The van der Waals surface area contributed by atoms with Crippen molar-refractivity contribution in [3.05, 3.63) is 241 Å². The quantitative estimate of drug-likeness (QED) is 0.0884. The number of unbranched alkanes of at least 4 members (excludes halogenated alkanes) is 1. The summed E-state index contributed by atoms with van der Waals surface area (Å²) in [4.78, 5) is 22.8. The van der Waals surface area contributed by atoms with Gasteiger partial charge in [-0.2, -0.15) is 92.2 Å². The third-order valence-electron chi connectivity index (χ3n) is 25.0. The summed E-state index contributed by atoms with van der Waals surface area (Å²) in [6, 6.07) is 38.5. The number of hydrogen-bond donors (Lipinski definition) is 1. The lowest BCUT2D eigenvalue weighted by Gasteiger charge is -2.37. The van der Waals surface area contributed by atoms with Crippen molar-refractivity contribution in [3.63, 3.8) is 0 Å². The van der Waals surface area contributed by atoms with Crippen molar-refractivity contribution in [1.29, 1.82) is 0 Å². The standard InChI is InChI=1S/C18H19F3N2.3C15H21F3N2.C13H16F4N2.C13H16F3N.C13H18F3N/c1-14-11-15(18(19,20)21)13-17(12-14)23-9-7-22(8-10-23)16-5-3-2-4-6-16;1-11-8-12(15(16,17)18)10-14(9-11)20(3)13-4-6-19(2)7-5-13;1-12-9-13(15(16,17)18)11-14(10-12)19(2)7-8-20-5-3-4-6-20;1-3-4-19-5-7-20(8-6-19)14-10-12(2)9-13(11-14)15(16,17)18;1-9-7-10(13(15,16)17)12(14)11(8-9)19-5-3-18(2)4-6-19;1-8-4-10(9-2-3-12(17)7-9)6-11(5-8)13(14,15)16;1-4-5-6-17(3)12-8-10(2)7-11(9-12)13(14,15)16/h2-6,11-13H,7-10H2,1H3;8-10,13H,4-7H2,1-3H3;2*9-11H,3-8H2,1-2H3;7-8H,3-6H2,1-2H3;4-6,9,12H,2-3,7,17H2,1H3;7-9H,4-6H2,1-3H3. The normalized spacial score (nSPS) is 17.5. The summed E-state index contributed by atoms with van der Waals surface area (Å²) in [5.74, 6) is -0.978. The van der Waals surface area contributed by atoms with Gasteiger partial charge in [-0.25, -0.2) is 4.39 Å². The minimum absolute atomic E-state index is 0.0559. The molecular formula is C102H132F22N12. The Morgan fingerprint density at radius 3 is 1.12 bits per heavy atom. The minimum Gasteiger partial charge on any atom is -0.375 e. The Morgan fingerprint density at radius 1 is 0.338 bits per heavy atom. The summed E-state index contributed by atoms with van der Waals surface area (Å²) >= 11 is 0. The molecule has 2 unspecified atom stereocenters. The van der Waals surface area contributed by atoms with Crippen LogP contribution in [0.5, 0.6) is 0 Å². The van der Waals surface area contributed by atoms with Crippen molar-refractivity contribution < 1.29 is 96.6 Å². The first kappa shape index (κ1) is 112. The second kappa shape index (κ2) is 49.5. The van der Waals surface area contributed by atoms with Crippen LogP contribution in [0.2, 0.25) is 0 Å². The monoisotopic (exact) mass is 1940 g/mol. The molecule has 0 spiro atoms. The predicted molar refractivity (Wildman–Crippen MR) is 503 cm³/mol. The lowest BCUT2D eigenvalue weighted by Crippen LogP contribution is -2.46. The minimum atomic E-state index is -4.66. The number of nitrogens with zero attached hydrogens (tertiary/aromatic N) is 11. The molecule has 6 fully saturated rings. The molecule has 5 heterocycles. The number of piperazine rings is 3. The zero-order valence-electron chi connectivity index (χ0n) is 80.2. The Kier molecular flexibility index (Phi) is 40.7. The van der Waals surface area contributed by atoms with Crippen LogP contribution in [0.15, 0.2) is 152 Å². The number of piperidine rings is 1. The van der Waals surface area contributed by atoms with E-state index in [0.717, 1.165) is 173 Å². The van der Waals surface area contributed by atoms with Crippen LogP contribution in [0, 0.1) is 54.3 Å². The van der Waals surface area contributed by atoms with Gasteiger partial charge < -0.3 is 54.7 Å². The van der Waals surface area contributed by atoms with Crippen molar-refractivity contribution in [2.45, 2.75) is 188 Å². The average Bonchev–Trinajstić information content (AvgIpc) is 0.985. The molecule has 0 aromatic heterocycles. The molecule has 2 N–H and O–H groups in total. The van der Waals surface area contributed by atoms with E-state index in [1.807, 2.05) is 90.3 Å². The molecule has 34 heteroatoms. The summed E-state index contributed by atoms with van der Waals surface area (Å²) in [6.07, 6.45) is -20.2. The van der Waals surface area contributed by atoms with Gasteiger partial charge in [0.2, 0.25) is 0 Å². The number of benzene rings is 8. The van der Waals surface area contributed by atoms with Gasteiger partial charge in [0.1, 0.15) is 0 Å². The number of likely N-dealkylation sites (N-methyl/N-ethyl adjacent to an activating group) is 2. The topological polar surface area (TPSA) is 61.7 Å². The van der Waals surface area contributed by atoms with Crippen molar-refractivity contribution in [2.75, 3.05) is 200 Å². The van der Waals surface area contributed by atoms with Gasteiger partial charge in [0.25, 0.3) is 0 Å². The van der Waals surface area contributed by atoms with Gasteiger partial charge in [-0.05, 0) is 325 Å². The fraction of sp³-hybridized carbons (Fsp3) is 0.529. The molecule has 6 aliphatic rings. The lowest BCUT2D eigenvalue weighted by molar-refractivity contribution is -0.140. The molecule has 5 saturated heterocycles. The van der Waals surface area contributed by atoms with Crippen molar-refractivity contribution in [2.24, 2.45) is 5.73 Å². The summed E-state index contributed by atoms with van der Waals surface area (Å²) in [6.45, 7) is 32.6. The van der Waals surface area contributed by atoms with Crippen molar-refractivity contribution in [3.8, 4) is 0 Å². The number of alkyl halides is 21. The fourth-order valence-electron chi connectivity index (χ4n) is 17.4. The first-order valence-corrected chi connectivity index (χ1v) is 46.2. The summed E-state index contributed by atoms with van der Waals surface area (Å²) in [5.41, 5.74) is 10.8. The second-order valence-electron chi connectivity index (χ2n) is 36.6. The van der Waals surface area contributed by atoms with Crippen LogP contribution in [-0.2, 0) is 43.2 Å². The smallest absolute Gasteiger partial charge is 0.375 e. The molecule has 2 atom stereocenters. The molecule has 0 radical (unpaired) electrons. The fourth-order valence-corrected chi connectivity index (χ4v) is 17.4. The van der Waals surface area contributed by atoms with Crippen LogP contribution in [0.1, 0.15) is 167 Å². The summed E-state index contributed by atoms with van der Waals surface area (Å²) in [5, 5.41) is 0. The van der Waals surface area contributed by atoms with E-state index in [9.17, 15) is 96.6 Å². The highest BCUT2D eigenvalue weighted by Gasteiger charge is 2.40. The molecular weight excluding hydrogens is 1810 g/mol. The number of halogens is 22. The largest absolute Gasteiger partial charge is 0.419 e. The molecule has 5 aliphatic heterocycles. The molecule has 754 valence electrons. The lowest BCUT2D eigenvalue weighted by atomic mass is 9.94. The maximum Gasteiger partial charge on any atom is 0.419 e. The number of para-hydroxylation sites is 1. The first-order valence-electron chi connectivity index (χ1n) is 46.2. The van der Waals surface area contributed by atoms with E-state index in [-0.39, 0.29) is 17.6 Å². The molecule has 0 amide bonds. The molecule has 8 aromatic rings. The third-order valence-corrected chi connectivity index (χ3v) is 25.0. The van der Waals surface area contributed by atoms with E-state index in [1.165, 1.54) is 91.7 Å². The highest BCUT2D eigenvalue weighted by molar-refractivity contribution is 5.59. The van der Waals surface area contributed by atoms with E-state index < -0.39 is 88.0 Å². The van der Waals surface area contributed by atoms with E-state index in [1.54, 1.807) is 65.5 Å². The number of hydrogen-bond acceptors (Lipinski definition) is 12.